The topological polar surface area (TPSA) is 131 Å². The largest absolute Gasteiger partial charge is 0.490 e. The molecule has 0 saturated carbocycles. The molecule has 0 fully saturated rings. The highest BCUT2D eigenvalue weighted by Gasteiger charge is 2.38. The highest BCUT2D eigenvalue weighted by atomic mass is 32.1. The van der Waals surface area contributed by atoms with E-state index < -0.39 is 24.2 Å². The second-order valence-corrected chi connectivity index (χ2v) is 8.80. The van der Waals surface area contributed by atoms with Crippen molar-refractivity contribution in [3.63, 3.8) is 0 Å². The number of benzene rings is 2. The molecule has 8 nitrogen and oxygen atoms in total. The second-order valence-electron chi connectivity index (χ2n) is 8.43. The maximum absolute atomic E-state index is 13.1. The number of ether oxygens (including phenoxy) is 1. The van der Waals surface area contributed by atoms with Crippen LogP contribution in [0.1, 0.15) is 30.6 Å². The van der Waals surface area contributed by atoms with Gasteiger partial charge in [0.2, 0.25) is 0 Å². The van der Waals surface area contributed by atoms with Crippen molar-refractivity contribution in [3.8, 4) is 11.1 Å². The summed E-state index contributed by atoms with van der Waals surface area (Å²) < 4.78 is 36.6. The third kappa shape index (κ3) is 11.1. The molecule has 0 bridgehead atoms. The fraction of sp³-hybridized carbons (Fsp3) is 0.400. The Morgan fingerprint density at radius 3 is 2.19 bits per heavy atom. The van der Waals surface area contributed by atoms with E-state index >= 15 is 0 Å². The summed E-state index contributed by atoms with van der Waals surface area (Å²) in [5, 5.41) is 13.3. The smallest absolute Gasteiger partial charge is 0.475 e. The van der Waals surface area contributed by atoms with Gasteiger partial charge in [-0.1, -0.05) is 44.2 Å². The van der Waals surface area contributed by atoms with E-state index in [0.29, 0.717) is 24.3 Å². The van der Waals surface area contributed by atoms with E-state index in [2.05, 4.69) is 23.3 Å². The second kappa shape index (κ2) is 15.1. The number of hydrogen-bond acceptors (Lipinski definition) is 7. The minimum atomic E-state index is -5.08. The Morgan fingerprint density at radius 1 is 1.11 bits per heavy atom. The first-order chi connectivity index (χ1) is 17.3. The van der Waals surface area contributed by atoms with Crippen LogP contribution in [0.25, 0.3) is 11.1 Å². The monoisotopic (exact) mass is 543 g/mol. The molecule has 2 atom stereocenters. The third-order valence-electron chi connectivity index (χ3n) is 4.89. The first kappa shape index (κ1) is 31.8. The molecule has 0 radical (unpaired) electrons. The minimum Gasteiger partial charge on any atom is -0.475 e. The zero-order valence-corrected chi connectivity index (χ0v) is 21.6. The van der Waals surface area contributed by atoms with Crippen LogP contribution in [0, 0.1) is 5.92 Å². The van der Waals surface area contributed by atoms with Crippen molar-refractivity contribution in [2.24, 2.45) is 11.7 Å². The molecule has 0 heterocycles. The summed E-state index contributed by atoms with van der Waals surface area (Å²) >= 11 is 4.21. The van der Waals surface area contributed by atoms with Gasteiger partial charge in [-0.25, -0.2) is 9.59 Å². The molecule has 12 heteroatoms. The number of alkyl halides is 3. The van der Waals surface area contributed by atoms with Gasteiger partial charge in [0.05, 0.1) is 7.11 Å². The quantitative estimate of drug-likeness (QED) is 0.226. The number of anilines is 1. The Kier molecular flexibility index (Phi) is 13.0. The Labute approximate surface area is 219 Å². The van der Waals surface area contributed by atoms with Crippen LogP contribution >= 0.6 is 12.6 Å². The SMILES string of the molecule is COC(=O)[C@H](CC(C)C)NC(=O)c1ccc(NC[C@@H](N)CS)cc1-c1ccccc1.O=C(O)C(F)(F)F. The van der Waals surface area contributed by atoms with E-state index in [4.69, 9.17) is 20.4 Å². The number of halogens is 3. The van der Waals surface area contributed by atoms with Crippen molar-refractivity contribution in [1.29, 1.82) is 0 Å². The standard InChI is InChI=1S/C23H31N3O3S.C2HF3O2/c1-15(2)11-21(23(28)29-3)26-22(27)19-10-9-18(25-13-17(24)14-30)12-20(19)16-7-5-4-6-8-16;3-2(4,5)1(6)7/h4-10,12,15,17,21,25,30H,11,13-14,24H2,1-3H3,(H,26,27);(H,6,7)/t17-,21+;/m1./s1. The Balaban J connectivity index is 0.000000856. The zero-order valence-electron chi connectivity index (χ0n) is 20.7. The van der Waals surface area contributed by atoms with Crippen LogP contribution in [0.2, 0.25) is 0 Å². The van der Waals surface area contributed by atoms with Crippen LogP contribution in [-0.4, -0.2) is 60.6 Å². The van der Waals surface area contributed by atoms with Crippen molar-refractivity contribution >= 4 is 36.2 Å². The van der Waals surface area contributed by atoms with E-state index in [1.165, 1.54) is 7.11 Å². The maximum atomic E-state index is 13.1. The molecule has 2 aromatic carbocycles. The summed E-state index contributed by atoms with van der Waals surface area (Å²) in [5.41, 5.74) is 8.96. The average Bonchev–Trinajstić information content (AvgIpc) is 2.86. The molecule has 204 valence electrons. The van der Waals surface area contributed by atoms with Gasteiger partial charge in [0.15, 0.2) is 0 Å². The number of amides is 1. The molecule has 0 aliphatic carbocycles. The van der Waals surface area contributed by atoms with E-state index in [9.17, 15) is 22.8 Å². The molecule has 0 unspecified atom stereocenters. The van der Waals surface area contributed by atoms with Crippen LogP contribution in [-0.2, 0) is 14.3 Å². The lowest BCUT2D eigenvalue weighted by atomic mass is 9.97. The van der Waals surface area contributed by atoms with Crippen LogP contribution in [0.5, 0.6) is 0 Å². The Hall–Kier alpha value is -3.25. The van der Waals surface area contributed by atoms with E-state index in [1.807, 2.05) is 56.3 Å². The molecule has 2 aromatic rings. The molecule has 37 heavy (non-hydrogen) atoms. The van der Waals surface area contributed by atoms with Crippen molar-refractivity contribution in [2.75, 3.05) is 24.7 Å². The lowest BCUT2D eigenvalue weighted by molar-refractivity contribution is -0.192. The molecule has 5 N–H and O–H groups in total. The number of carbonyl (C=O) groups is 3. The van der Waals surface area contributed by atoms with Crippen molar-refractivity contribution in [1.82, 2.24) is 5.32 Å². The lowest BCUT2D eigenvalue weighted by Gasteiger charge is -2.20. The number of methoxy groups -OCH3 is 1. The first-order valence-electron chi connectivity index (χ1n) is 11.3. The molecule has 0 aliphatic heterocycles. The molecule has 0 aliphatic rings. The zero-order chi connectivity index (χ0) is 28.2. The molecule has 0 spiro atoms. The van der Waals surface area contributed by atoms with Gasteiger partial charge in [0.1, 0.15) is 6.04 Å². The van der Waals surface area contributed by atoms with Gasteiger partial charge >= 0.3 is 18.1 Å². The van der Waals surface area contributed by atoms with Crippen LogP contribution < -0.4 is 16.4 Å². The molecule has 0 aromatic heterocycles. The normalized spacial score (nSPS) is 12.6. The number of aliphatic carboxylic acids is 1. The number of hydrogen-bond donors (Lipinski definition) is 5. The van der Waals surface area contributed by atoms with Gasteiger partial charge in [-0.05, 0) is 41.7 Å². The van der Waals surface area contributed by atoms with Gasteiger partial charge in [0, 0.05) is 29.6 Å². The summed E-state index contributed by atoms with van der Waals surface area (Å²) in [6, 6.07) is 14.4. The number of carboxylic acid groups (broad SMARTS) is 1. The number of rotatable bonds is 10. The van der Waals surface area contributed by atoms with E-state index in [-0.39, 0.29) is 17.9 Å². The molecular formula is C25H32F3N3O5S. The Morgan fingerprint density at radius 2 is 1.70 bits per heavy atom. The van der Waals surface area contributed by atoms with Gasteiger partial charge in [0.25, 0.3) is 5.91 Å². The van der Waals surface area contributed by atoms with Crippen LogP contribution in [0.15, 0.2) is 48.5 Å². The lowest BCUT2D eigenvalue weighted by Crippen LogP contribution is -2.42. The van der Waals surface area contributed by atoms with Crippen molar-refractivity contribution in [2.45, 2.75) is 38.5 Å². The number of thiol groups is 1. The fourth-order valence-electron chi connectivity index (χ4n) is 3.09. The minimum absolute atomic E-state index is 0.0756. The predicted molar refractivity (Wildman–Crippen MR) is 139 cm³/mol. The van der Waals surface area contributed by atoms with Crippen molar-refractivity contribution < 1.29 is 37.4 Å². The highest BCUT2D eigenvalue weighted by molar-refractivity contribution is 7.80. The van der Waals surface area contributed by atoms with E-state index in [1.54, 1.807) is 6.07 Å². The van der Waals surface area contributed by atoms with Gasteiger partial charge in [-0.15, -0.1) is 0 Å². The Bertz CT molecular complexity index is 1040. The fourth-order valence-corrected chi connectivity index (χ4v) is 3.22. The van der Waals surface area contributed by atoms with E-state index in [0.717, 1.165) is 16.8 Å². The number of carbonyl (C=O) groups excluding carboxylic acids is 2. The van der Waals surface area contributed by atoms with Crippen molar-refractivity contribution in [3.05, 3.63) is 54.1 Å². The first-order valence-corrected chi connectivity index (χ1v) is 11.9. The molecule has 1 amide bonds. The predicted octanol–water partition coefficient (Wildman–Crippen LogP) is 3.97. The maximum Gasteiger partial charge on any atom is 0.490 e. The van der Waals surface area contributed by atoms with Gasteiger partial charge in [-0.2, -0.15) is 25.8 Å². The summed E-state index contributed by atoms with van der Waals surface area (Å²) in [6.45, 7) is 4.56. The summed E-state index contributed by atoms with van der Waals surface area (Å²) in [7, 11) is 1.33. The number of esters is 1. The van der Waals surface area contributed by atoms with Crippen LogP contribution in [0.4, 0.5) is 18.9 Å². The molecule has 2 rings (SSSR count). The average molecular weight is 544 g/mol. The summed E-state index contributed by atoms with van der Waals surface area (Å²) in [4.78, 5) is 34.1. The summed E-state index contributed by atoms with van der Waals surface area (Å²) in [5.74, 6) is -2.72. The van der Waals surface area contributed by atoms with Crippen LogP contribution in [0.3, 0.4) is 0 Å². The van der Waals surface area contributed by atoms with Gasteiger partial charge < -0.3 is 26.2 Å². The molecule has 0 saturated heterocycles. The third-order valence-corrected chi connectivity index (χ3v) is 5.36. The highest BCUT2D eigenvalue weighted by Crippen LogP contribution is 2.27. The number of nitrogens with one attached hydrogen (secondary N) is 2. The number of carboxylic acids is 1. The number of nitrogens with two attached hydrogens (primary N) is 1. The molecular weight excluding hydrogens is 511 g/mol. The summed E-state index contributed by atoms with van der Waals surface area (Å²) in [6.07, 6.45) is -4.58. The van der Waals surface area contributed by atoms with Gasteiger partial charge in [-0.3, -0.25) is 4.79 Å².